The number of piperidine rings is 1. The number of benzene rings is 1. The van der Waals surface area contributed by atoms with Gasteiger partial charge in [0.1, 0.15) is 6.61 Å². The van der Waals surface area contributed by atoms with Crippen molar-refractivity contribution in [2.45, 2.75) is 38.7 Å². The maximum atomic E-state index is 12.8. The number of nitriles is 1. The van der Waals surface area contributed by atoms with Gasteiger partial charge in [0.25, 0.3) is 0 Å². The summed E-state index contributed by atoms with van der Waals surface area (Å²) in [6.07, 6.45) is 5.31. The minimum absolute atomic E-state index is 0.0599. The monoisotopic (exact) mass is 463 g/mol. The van der Waals surface area contributed by atoms with E-state index < -0.39 is 11.9 Å². The number of hydrogen-bond acceptors (Lipinski definition) is 7. The van der Waals surface area contributed by atoms with E-state index in [0.717, 1.165) is 5.56 Å². The predicted octanol–water partition coefficient (Wildman–Crippen LogP) is 2.96. The highest BCUT2D eigenvalue weighted by atomic mass is 16.6. The molecule has 0 aliphatic carbocycles. The number of aromatic nitrogens is 1. The minimum atomic E-state index is -0.435. The van der Waals surface area contributed by atoms with Crippen molar-refractivity contribution in [1.29, 1.82) is 5.26 Å². The van der Waals surface area contributed by atoms with Crippen LogP contribution in [0.1, 0.15) is 47.7 Å². The third-order valence-electron chi connectivity index (χ3n) is 5.82. The van der Waals surface area contributed by atoms with Gasteiger partial charge in [0.05, 0.1) is 24.3 Å². The molecule has 0 bridgehead atoms. The highest BCUT2D eigenvalue weighted by molar-refractivity contribution is 5.98. The fraction of sp³-hybridized carbons (Fsp3) is 0.423. The largest absolute Gasteiger partial charge is 0.464 e. The molecule has 0 N–H and O–H groups in total. The summed E-state index contributed by atoms with van der Waals surface area (Å²) in [5.41, 5.74) is 1.99. The number of carbonyl (C=O) groups is 3. The fourth-order valence-electron chi connectivity index (χ4n) is 3.82. The second-order valence-corrected chi connectivity index (χ2v) is 8.38. The summed E-state index contributed by atoms with van der Waals surface area (Å²) >= 11 is 0. The van der Waals surface area contributed by atoms with Crippen molar-refractivity contribution < 1.29 is 23.9 Å². The van der Waals surface area contributed by atoms with Gasteiger partial charge in [-0.2, -0.15) is 5.26 Å². The molecule has 8 nitrogen and oxygen atoms in total. The van der Waals surface area contributed by atoms with E-state index in [1.54, 1.807) is 48.5 Å². The van der Waals surface area contributed by atoms with Crippen molar-refractivity contribution in [1.82, 2.24) is 9.88 Å². The van der Waals surface area contributed by atoms with Gasteiger partial charge < -0.3 is 14.4 Å². The minimum Gasteiger partial charge on any atom is -0.464 e. The number of nitrogens with zero attached hydrogens (tertiary/aromatic N) is 3. The molecule has 178 valence electrons. The van der Waals surface area contributed by atoms with E-state index in [4.69, 9.17) is 14.7 Å². The number of Topliss-reactive ketones (excluding diaryl/α,β-unsaturated/α-hetero) is 1. The highest BCUT2D eigenvalue weighted by Gasteiger charge is 2.28. The van der Waals surface area contributed by atoms with Crippen molar-refractivity contribution in [3.05, 3.63) is 65.5 Å². The molecule has 1 atom stereocenters. The predicted molar refractivity (Wildman–Crippen MR) is 124 cm³/mol. The number of hydrogen-bond donors (Lipinski definition) is 0. The number of rotatable bonds is 10. The van der Waals surface area contributed by atoms with Crippen LogP contribution in [0.25, 0.3) is 0 Å². The van der Waals surface area contributed by atoms with Crippen LogP contribution in [-0.2, 0) is 25.5 Å². The van der Waals surface area contributed by atoms with Crippen LogP contribution in [0, 0.1) is 17.2 Å². The fourth-order valence-corrected chi connectivity index (χ4v) is 3.82. The molecular weight excluding hydrogens is 434 g/mol. The Morgan fingerprint density at radius 2 is 1.91 bits per heavy atom. The lowest BCUT2D eigenvalue weighted by molar-refractivity contribution is -0.153. The quantitative estimate of drug-likeness (QED) is 0.394. The smallest absolute Gasteiger partial charge is 0.332 e. The number of carbonyl (C=O) groups excluding carboxylic acids is 3. The number of esters is 1. The van der Waals surface area contributed by atoms with Gasteiger partial charge in [0.15, 0.2) is 5.78 Å². The van der Waals surface area contributed by atoms with Gasteiger partial charge in [-0.05, 0) is 36.6 Å². The average molecular weight is 464 g/mol. The van der Waals surface area contributed by atoms with Gasteiger partial charge in [-0.1, -0.05) is 25.1 Å². The normalized spacial score (nSPS) is 14.8. The molecule has 8 heteroatoms. The zero-order valence-electron chi connectivity index (χ0n) is 19.3. The molecule has 2 heterocycles. The molecule has 0 unspecified atom stereocenters. The third kappa shape index (κ3) is 7.49. The van der Waals surface area contributed by atoms with Crippen LogP contribution in [0.15, 0.2) is 48.8 Å². The van der Waals surface area contributed by atoms with E-state index in [0.29, 0.717) is 43.5 Å². The Hall–Kier alpha value is -3.57. The molecule has 2 aromatic rings. The molecule has 0 radical (unpaired) electrons. The van der Waals surface area contributed by atoms with Crippen molar-refractivity contribution in [2.24, 2.45) is 5.92 Å². The maximum Gasteiger partial charge on any atom is 0.332 e. The summed E-state index contributed by atoms with van der Waals surface area (Å²) < 4.78 is 10.9. The Bertz CT molecular complexity index is 1010. The first kappa shape index (κ1) is 25.1. The lowest BCUT2D eigenvalue weighted by Crippen LogP contribution is -2.43. The summed E-state index contributed by atoms with van der Waals surface area (Å²) in [6, 6.07) is 12.2. The molecule has 1 aliphatic rings. The molecule has 1 saturated heterocycles. The summed E-state index contributed by atoms with van der Waals surface area (Å²) in [7, 11) is 0. The molecule has 0 spiro atoms. The third-order valence-corrected chi connectivity index (χ3v) is 5.82. The maximum absolute atomic E-state index is 12.8. The first-order chi connectivity index (χ1) is 16.5. The highest BCUT2D eigenvalue weighted by Crippen LogP contribution is 2.19. The first-order valence-corrected chi connectivity index (χ1v) is 11.4. The lowest BCUT2D eigenvalue weighted by Gasteiger charge is -2.33. The Morgan fingerprint density at radius 3 is 2.56 bits per heavy atom. The summed E-state index contributed by atoms with van der Waals surface area (Å²) in [5.74, 6) is -1.02. The van der Waals surface area contributed by atoms with Gasteiger partial charge in [0.2, 0.25) is 5.91 Å². The van der Waals surface area contributed by atoms with Crippen LogP contribution in [0.4, 0.5) is 0 Å². The molecule has 1 fully saturated rings. The van der Waals surface area contributed by atoms with Crippen LogP contribution in [0.5, 0.6) is 0 Å². The van der Waals surface area contributed by atoms with Crippen molar-refractivity contribution >= 4 is 17.7 Å². The topological polar surface area (TPSA) is 110 Å². The molecule has 1 aliphatic heterocycles. The Labute approximate surface area is 199 Å². The second-order valence-electron chi connectivity index (χ2n) is 8.38. The average Bonchev–Trinajstić information content (AvgIpc) is 2.88. The molecule has 1 aromatic carbocycles. The molecular formula is C26H29N3O5. The van der Waals surface area contributed by atoms with Gasteiger partial charge in [-0.25, -0.2) is 4.79 Å². The standard InChI is InChI=1S/C26H29N3O5/c1-19(15-24(30)22-6-4-20(16-27)5-7-22)26(32)29-12-8-23(9-13-29)34-18-25(31)33-14-10-21-3-2-11-28-17-21/h2-7,11,17,19,23H,8-10,12-15,18H2,1H3/t19-/m1/s1. The number of ketones is 1. The van der Waals surface area contributed by atoms with E-state index in [9.17, 15) is 14.4 Å². The van der Waals surface area contributed by atoms with Crippen LogP contribution in [0.3, 0.4) is 0 Å². The lowest BCUT2D eigenvalue weighted by atomic mass is 9.97. The SMILES string of the molecule is C[C@H](CC(=O)c1ccc(C#N)cc1)C(=O)N1CCC(OCC(=O)OCCc2cccnc2)CC1. The van der Waals surface area contributed by atoms with E-state index >= 15 is 0 Å². The molecule has 34 heavy (non-hydrogen) atoms. The first-order valence-electron chi connectivity index (χ1n) is 11.4. The van der Waals surface area contributed by atoms with Gasteiger partial charge >= 0.3 is 5.97 Å². The van der Waals surface area contributed by atoms with E-state index in [1.165, 1.54) is 0 Å². The number of pyridine rings is 1. The van der Waals surface area contributed by atoms with E-state index in [1.807, 2.05) is 18.2 Å². The molecule has 0 saturated carbocycles. The molecule has 1 amide bonds. The number of ether oxygens (including phenoxy) is 2. The van der Waals surface area contributed by atoms with E-state index in [2.05, 4.69) is 4.98 Å². The van der Waals surface area contributed by atoms with Crippen LogP contribution < -0.4 is 0 Å². The van der Waals surface area contributed by atoms with Crippen LogP contribution >= 0.6 is 0 Å². The Morgan fingerprint density at radius 1 is 1.18 bits per heavy atom. The second kappa shape index (κ2) is 12.6. The van der Waals surface area contributed by atoms with Gasteiger partial charge in [0, 0.05) is 49.8 Å². The van der Waals surface area contributed by atoms with Gasteiger partial charge in [-0.15, -0.1) is 0 Å². The number of likely N-dealkylation sites (tertiary alicyclic amines) is 1. The zero-order valence-corrected chi connectivity index (χ0v) is 19.3. The summed E-state index contributed by atoms with van der Waals surface area (Å²) in [6.45, 7) is 2.97. The Kier molecular flexibility index (Phi) is 9.30. The summed E-state index contributed by atoms with van der Waals surface area (Å²) in [4.78, 5) is 43.0. The number of amides is 1. The zero-order chi connectivity index (χ0) is 24.3. The summed E-state index contributed by atoms with van der Waals surface area (Å²) in [5, 5.41) is 8.86. The van der Waals surface area contributed by atoms with Crippen molar-refractivity contribution in [2.75, 3.05) is 26.3 Å². The van der Waals surface area contributed by atoms with Crippen molar-refractivity contribution in [3.8, 4) is 6.07 Å². The van der Waals surface area contributed by atoms with Crippen LogP contribution in [0.2, 0.25) is 0 Å². The Balaban J connectivity index is 1.34. The molecule has 3 rings (SSSR count). The van der Waals surface area contributed by atoms with Gasteiger partial charge in [-0.3, -0.25) is 14.6 Å². The molecule has 1 aromatic heterocycles. The van der Waals surface area contributed by atoms with E-state index in [-0.39, 0.29) is 37.4 Å². The van der Waals surface area contributed by atoms with Crippen LogP contribution in [-0.4, -0.2) is 60.0 Å². The van der Waals surface area contributed by atoms with Crippen molar-refractivity contribution in [3.63, 3.8) is 0 Å².